The van der Waals surface area contributed by atoms with Crippen molar-refractivity contribution in [3.05, 3.63) is 15.9 Å². The average Bonchev–Trinajstić information content (AvgIpc) is 2.65. The monoisotopic (exact) mass is 331 g/mol. The first kappa shape index (κ1) is 15.7. The molecule has 3 N–H and O–H groups in total. The predicted molar refractivity (Wildman–Crippen MR) is 73.6 cm³/mol. The fourth-order valence-corrected chi connectivity index (χ4v) is 2.49. The minimum absolute atomic E-state index is 0.0130. The molecule has 0 saturated heterocycles. The zero-order valence-corrected chi connectivity index (χ0v) is 12.8. The summed E-state index contributed by atoms with van der Waals surface area (Å²) < 4.78 is 2.46. The van der Waals surface area contributed by atoms with E-state index >= 15 is 0 Å². The molecular weight excluding hydrogens is 314 g/mol. The topological polar surface area (TPSA) is 98.2 Å². The van der Waals surface area contributed by atoms with Gasteiger partial charge in [0.25, 0.3) is 0 Å². The summed E-state index contributed by atoms with van der Waals surface area (Å²) in [7, 11) is 0. The van der Waals surface area contributed by atoms with Gasteiger partial charge in [-0.15, -0.1) is 0 Å². The van der Waals surface area contributed by atoms with Crippen LogP contribution < -0.4 is 5.73 Å². The van der Waals surface area contributed by atoms with Crippen LogP contribution in [-0.4, -0.2) is 26.8 Å². The summed E-state index contributed by atoms with van der Waals surface area (Å²) in [6, 6.07) is 0. The van der Waals surface area contributed by atoms with E-state index in [0.29, 0.717) is 12.2 Å². The fourth-order valence-electron chi connectivity index (χ4n) is 1.79. The molecular formula is C12H18BrN3O3. The van der Waals surface area contributed by atoms with Gasteiger partial charge >= 0.3 is 5.97 Å². The van der Waals surface area contributed by atoms with Crippen LogP contribution in [0.4, 0.5) is 0 Å². The van der Waals surface area contributed by atoms with Crippen molar-refractivity contribution in [3.63, 3.8) is 0 Å². The number of amides is 1. The summed E-state index contributed by atoms with van der Waals surface area (Å²) in [4.78, 5) is 22.8. The molecule has 1 heterocycles. The normalized spacial score (nSPS) is 14.1. The second-order valence-electron chi connectivity index (χ2n) is 4.55. The number of carbonyl (C=O) groups excluding carboxylic acids is 1. The Hall–Kier alpha value is -1.37. The summed E-state index contributed by atoms with van der Waals surface area (Å²) in [5, 5.41) is 13.6. The first-order valence-corrected chi connectivity index (χ1v) is 6.84. The van der Waals surface area contributed by atoms with E-state index in [1.807, 2.05) is 13.8 Å². The summed E-state index contributed by atoms with van der Waals surface area (Å²) in [5.74, 6) is -2.08. The number of aromatic nitrogens is 2. The number of aryl methyl sites for hydroxylation is 2. The van der Waals surface area contributed by atoms with E-state index in [4.69, 9.17) is 5.73 Å². The second-order valence-corrected chi connectivity index (χ2v) is 5.35. The molecule has 1 unspecified atom stereocenters. The number of carbonyl (C=O) groups is 2. The molecule has 1 aromatic heterocycles. The number of halogens is 1. The van der Waals surface area contributed by atoms with Gasteiger partial charge in [-0.25, -0.2) is 0 Å². The van der Waals surface area contributed by atoms with Gasteiger partial charge in [0.05, 0.1) is 15.9 Å². The van der Waals surface area contributed by atoms with Gasteiger partial charge in [-0.1, -0.05) is 6.92 Å². The Morgan fingerprint density at radius 2 is 2.05 bits per heavy atom. The molecule has 7 heteroatoms. The maximum absolute atomic E-state index is 11.5. The standard InChI is InChI=1S/C12H18BrN3O3/c1-4-7-9(13)8(16(5-2)15-7)6-12(3,10(14)17)11(18)19/h4-6H2,1-3H3,(H2,14,17)(H,18,19). The third-order valence-corrected chi connectivity index (χ3v) is 4.15. The molecule has 1 amide bonds. The van der Waals surface area contributed by atoms with E-state index in [1.165, 1.54) is 6.92 Å². The van der Waals surface area contributed by atoms with Crippen molar-refractivity contribution in [3.8, 4) is 0 Å². The lowest BCUT2D eigenvalue weighted by molar-refractivity contribution is -0.153. The Balaban J connectivity index is 3.27. The quantitative estimate of drug-likeness (QED) is 0.768. The van der Waals surface area contributed by atoms with Crippen molar-refractivity contribution in [2.75, 3.05) is 0 Å². The smallest absolute Gasteiger partial charge is 0.319 e. The SMILES string of the molecule is CCc1nn(CC)c(CC(C)(C(N)=O)C(=O)O)c1Br. The third-order valence-electron chi connectivity index (χ3n) is 3.23. The van der Waals surface area contributed by atoms with Gasteiger partial charge in [0.2, 0.25) is 5.91 Å². The molecule has 0 aliphatic carbocycles. The molecule has 19 heavy (non-hydrogen) atoms. The van der Waals surface area contributed by atoms with Gasteiger partial charge in [-0.3, -0.25) is 14.3 Å². The molecule has 1 aromatic rings. The molecule has 6 nitrogen and oxygen atoms in total. The Morgan fingerprint density at radius 1 is 1.47 bits per heavy atom. The van der Waals surface area contributed by atoms with E-state index in [9.17, 15) is 14.7 Å². The Labute approximate surface area is 120 Å². The number of carboxylic acids is 1. The van der Waals surface area contributed by atoms with E-state index < -0.39 is 17.3 Å². The van der Waals surface area contributed by atoms with E-state index in [1.54, 1.807) is 4.68 Å². The number of primary amides is 1. The first-order valence-electron chi connectivity index (χ1n) is 6.05. The molecule has 0 saturated carbocycles. The molecule has 0 spiro atoms. The molecule has 106 valence electrons. The first-order chi connectivity index (χ1) is 8.77. The van der Waals surface area contributed by atoms with Crippen molar-refractivity contribution < 1.29 is 14.7 Å². The van der Waals surface area contributed by atoms with Gasteiger partial charge in [-0.05, 0) is 36.2 Å². The number of aliphatic carboxylic acids is 1. The number of nitrogens with two attached hydrogens (primary N) is 1. The molecule has 0 aliphatic rings. The van der Waals surface area contributed by atoms with Crippen LogP contribution in [0.25, 0.3) is 0 Å². The summed E-state index contributed by atoms with van der Waals surface area (Å²) in [6.45, 7) is 5.80. The molecule has 0 fully saturated rings. The van der Waals surface area contributed by atoms with E-state index in [0.717, 1.165) is 16.6 Å². The van der Waals surface area contributed by atoms with Crippen molar-refractivity contribution in [2.45, 2.75) is 40.2 Å². The van der Waals surface area contributed by atoms with E-state index in [-0.39, 0.29) is 6.42 Å². The highest BCUT2D eigenvalue weighted by atomic mass is 79.9. The van der Waals surface area contributed by atoms with Crippen LogP contribution in [-0.2, 0) is 29.0 Å². The van der Waals surface area contributed by atoms with Crippen LogP contribution >= 0.6 is 15.9 Å². The van der Waals surface area contributed by atoms with Crippen LogP contribution in [0.5, 0.6) is 0 Å². The van der Waals surface area contributed by atoms with E-state index in [2.05, 4.69) is 21.0 Å². The fraction of sp³-hybridized carbons (Fsp3) is 0.583. The van der Waals surface area contributed by atoms with Gasteiger partial charge in [0.1, 0.15) is 5.41 Å². The molecule has 1 atom stereocenters. The lowest BCUT2D eigenvalue weighted by Crippen LogP contribution is -2.43. The summed E-state index contributed by atoms with van der Waals surface area (Å²) in [5.41, 5.74) is 5.12. The highest BCUT2D eigenvalue weighted by Gasteiger charge is 2.41. The van der Waals surface area contributed by atoms with Crippen LogP contribution in [0.2, 0.25) is 0 Å². The Bertz CT molecular complexity index is 497. The third kappa shape index (κ3) is 2.80. The number of hydrogen-bond acceptors (Lipinski definition) is 3. The lowest BCUT2D eigenvalue weighted by Gasteiger charge is -2.21. The van der Waals surface area contributed by atoms with Crippen LogP contribution in [0.1, 0.15) is 32.2 Å². The Morgan fingerprint density at radius 3 is 2.42 bits per heavy atom. The van der Waals surface area contributed by atoms with Crippen LogP contribution in [0.15, 0.2) is 4.47 Å². The predicted octanol–water partition coefficient (Wildman–Crippen LogP) is 1.35. The molecule has 0 aromatic carbocycles. The highest BCUT2D eigenvalue weighted by Crippen LogP contribution is 2.30. The van der Waals surface area contributed by atoms with Gasteiger partial charge in [0.15, 0.2) is 0 Å². The second kappa shape index (κ2) is 5.73. The zero-order chi connectivity index (χ0) is 14.8. The number of rotatable bonds is 6. The maximum Gasteiger partial charge on any atom is 0.319 e. The highest BCUT2D eigenvalue weighted by molar-refractivity contribution is 9.10. The number of nitrogens with zero attached hydrogens (tertiary/aromatic N) is 2. The Kier molecular flexibility index (Phi) is 4.73. The zero-order valence-electron chi connectivity index (χ0n) is 11.2. The van der Waals surface area contributed by atoms with Gasteiger partial charge in [0, 0.05) is 13.0 Å². The largest absolute Gasteiger partial charge is 0.480 e. The molecule has 1 rings (SSSR count). The lowest BCUT2D eigenvalue weighted by atomic mass is 9.84. The van der Waals surface area contributed by atoms with Crippen molar-refractivity contribution in [1.29, 1.82) is 0 Å². The number of carboxylic acid groups (broad SMARTS) is 1. The summed E-state index contributed by atoms with van der Waals surface area (Å²) in [6.07, 6.45) is 0.736. The maximum atomic E-state index is 11.5. The van der Waals surface area contributed by atoms with Crippen molar-refractivity contribution >= 4 is 27.8 Å². The van der Waals surface area contributed by atoms with Crippen molar-refractivity contribution in [2.24, 2.45) is 11.1 Å². The molecule has 0 radical (unpaired) electrons. The van der Waals surface area contributed by atoms with Crippen LogP contribution in [0.3, 0.4) is 0 Å². The number of hydrogen-bond donors (Lipinski definition) is 2. The molecule has 0 aliphatic heterocycles. The van der Waals surface area contributed by atoms with Gasteiger partial charge < -0.3 is 10.8 Å². The van der Waals surface area contributed by atoms with Gasteiger partial charge in [-0.2, -0.15) is 5.10 Å². The molecule has 0 bridgehead atoms. The minimum atomic E-state index is -1.64. The minimum Gasteiger partial charge on any atom is -0.480 e. The summed E-state index contributed by atoms with van der Waals surface area (Å²) >= 11 is 3.43. The van der Waals surface area contributed by atoms with Crippen LogP contribution in [0, 0.1) is 5.41 Å². The van der Waals surface area contributed by atoms with Crippen molar-refractivity contribution in [1.82, 2.24) is 9.78 Å². The average molecular weight is 332 g/mol.